The average Bonchev–Trinajstić information content (AvgIpc) is 3.43. The number of carbonyl (C=O) groups is 4. The van der Waals surface area contributed by atoms with E-state index in [-0.39, 0.29) is 17.3 Å². The van der Waals surface area contributed by atoms with Crippen LogP contribution in [-0.2, 0) is 33.0 Å². The highest BCUT2D eigenvalue weighted by Crippen LogP contribution is 2.36. The molecule has 1 heterocycles. The summed E-state index contributed by atoms with van der Waals surface area (Å²) in [5.74, 6) is -2.05. The van der Waals surface area contributed by atoms with Crippen molar-refractivity contribution in [3.05, 3.63) is 35.3 Å². The van der Waals surface area contributed by atoms with Crippen molar-refractivity contribution in [3.63, 3.8) is 0 Å². The summed E-state index contributed by atoms with van der Waals surface area (Å²) in [6.07, 6.45) is 0. The first-order valence-corrected chi connectivity index (χ1v) is 17.1. The number of amides is 2. The van der Waals surface area contributed by atoms with Gasteiger partial charge in [-0.15, -0.1) is 11.3 Å². The average molecular weight is 624 g/mol. The fraction of sp³-hybridized carbons (Fsp3) is 0.536. The zero-order valence-electron chi connectivity index (χ0n) is 25.4. The van der Waals surface area contributed by atoms with Crippen molar-refractivity contribution in [1.29, 1.82) is 0 Å². The number of hydrogen-bond donors (Lipinski definition) is 2. The van der Waals surface area contributed by atoms with Crippen LogP contribution in [0.4, 0.5) is 0 Å². The van der Waals surface area contributed by atoms with Crippen molar-refractivity contribution in [2.75, 3.05) is 40.6 Å². The van der Waals surface area contributed by atoms with E-state index in [4.69, 9.17) is 23.4 Å². The molecular formula is C28H41N3O9SSi. The minimum Gasteiger partial charge on any atom is -0.491 e. The van der Waals surface area contributed by atoms with E-state index in [2.05, 4.69) is 15.6 Å². The molecule has 0 saturated heterocycles. The van der Waals surface area contributed by atoms with Crippen molar-refractivity contribution < 1.29 is 42.6 Å². The van der Waals surface area contributed by atoms with E-state index < -0.39 is 50.8 Å². The summed E-state index contributed by atoms with van der Waals surface area (Å²) >= 11 is 1.27. The molecule has 0 saturated carbocycles. The van der Waals surface area contributed by atoms with Gasteiger partial charge >= 0.3 is 11.9 Å². The third kappa shape index (κ3) is 10.5. The summed E-state index contributed by atoms with van der Waals surface area (Å²) in [4.78, 5) is 54.5. The summed E-state index contributed by atoms with van der Waals surface area (Å²) in [5, 5.41) is 7.23. The molecule has 12 nitrogen and oxygen atoms in total. The number of esters is 2. The van der Waals surface area contributed by atoms with Crippen LogP contribution in [0.3, 0.4) is 0 Å². The quantitative estimate of drug-likeness (QED) is 0.172. The molecule has 0 aliphatic heterocycles. The maximum absolute atomic E-state index is 13.3. The van der Waals surface area contributed by atoms with Crippen LogP contribution in [0.25, 0.3) is 10.6 Å². The van der Waals surface area contributed by atoms with Gasteiger partial charge in [0.15, 0.2) is 14.4 Å². The first-order chi connectivity index (χ1) is 19.7. The lowest BCUT2D eigenvalue weighted by Crippen LogP contribution is -2.56. The molecule has 0 radical (unpaired) electrons. The van der Waals surface area contributed by atoms with Crippen molar-refractivity contribution in [1.82, 2.24) is 15.6 Å². The van der Waals surface area contributed by atoms with Crippen LogP contribution in [0.1, 0.15) is 38.2 Å². The predicted molar refractivity (Wildman–Crippen MR) is 160 cm³/mol. The van der Waals surface area contributed by atoms with Crippen LogP contribution in [0.15, 0.2) is 29.6 Å². The van der Waals surface area contributed by atoms with E-state index in [0.29, 0.717) is 24.0 Å². The second-order valence-electron chi connectivity index (χ2n) is 10.9. The van der Waals surface area contributed by atoms with Gasteiger partial charge in [-0.05, 0) is 42.4 Å². The minimum atomic E-state index is -2.32. The first kappa shape index (κ1) is 34.9. The second kappa shape index (κ2) is 15.8. The molecule has 0 aliphatic rings. The highest BCUT2D eigenvalue weighted by molar-refractivity contribution is 7.13. The monoisotopic (exact) mass is 623 g/mol. The summed E-state index contributed by atoms with van der Waals surface area (Å²) in [7, 11) is 0.429. The lowest BCUT2D eigenvalue weighted by molar-refractivity contribution is -0.151. The Morgan fingerprint density at radius 2 is 1.64 bits per heavy atom. The third-order valence-electron chi connectivity index (χ3n) is 6.69. The molecule has 14 heteroatoms. The summed E-state index contributed by atoms with van der Waals surface area (Å²) < 4.78 is 26.4. The fourth-order valence-corrected chi connectivity index (χ4v) is 4.98. The number of benzene rings is 1. The van der Waals surface area contributed by atoms with Gasteiger partial charge in [0, 0.05) is 25.0 Å². The minimum absolute atomic E-state index is 0.116. The smallest absolute Gasteiger partial charge is 0.331 e. The van der Waals surface area contributed by atoms with Crippen LogP contribution >= 0.6 is 11.3 Å². The van der Waals surface area contributed by atoms with E-state index in [0.717, 1.165) is 12.7 Å². The van der Waals surface area contributed by atoms with Gasteiger partial charge in [-0.3, -0.25) is 14.4 Å². The summed E-state index contributed by atoms with van der Waals surface area (Å²) in [6, 6.07) is 4.83. The molecule has 2 N–H and O–H groups in total. The molecule has 0 spiro atoms. The molecule has 2 amide bonds. The highest BCUT2D eigenvalue weighted by Gasteiger charge is 2.39. The molecular weight excluding hydrogens is 582 g/mol. The Kier molecular flexibility index (Phi) is 13.1. The fourth-order valence-electron chi connectivity index (χ4n) is 3.15. The van der Waals surface area contributed by atoms with E-state index in [9.17, 15) is 19.2 Å². The van der Waals surface area contributed by atoms with Crippen molar-refractivity contribution in [3.8, 4) is 16.3 Å². The molecule has 1 aromatic carbocycles. The molecule has 232 valence electrons. The lowest BCUT2D eigenvalue weighted by Gasteiger charge is -2.37. The Hall–Kier alpha value is -3.33. The Bertz CT molecular complexity index is 1210. The topological polar surface area (TPSA) is 151 Å². The predicted octanol–water partition coefficient (Wildman–Crippen LogP) is 3.18. The van der Waals surface area contributed by atoms with Gasteiger partial charge < -0.3 is 34.0 Å². The van der Waals surface area contributed by atoms with Crippen LogP contribution < -0.4 is 15.4 Å². The molecule has 42 heavy (non-hydrogen) atoms. The largest absolute Gasteiger partial charge is 0.491 e. The Morgan fingerprint density at radius 3 is 2.21 bits per heavy atom. The van der Waals surface area contributed by atoms with Crippen LogP contribution in [0.5, 0.6) is 5.75 Å². The number of hydrogen-bond acceptors (Lipinski definition) is 11. The van der Waals surface area contributed by atoms with Gasteiger partial charge in [0.05, 0.1) is 20.3 Å². The van der Waals surface area contributed by atoms with E-state index in [1.807, 2.05) is 46.0 Å². The zero-order chi connectivity index (χ0) is 31.5. The molecule has 2 rings (SSSR count). The van der Waals surface area contributed by atoms with Gasteiger partial charge in [-0.2, -0.15) is 0 Å². The van der Waals surface area contributed by atoms with Crippen molar-refractivity contribution >= 4 is 43.4 Å². The number of aromatic nitrogens is 1. The number of rotatable bonds is 15. The van der Waals surface area contributed by atoms with Crippen molar-refractivity contribution in [2.45, 2.75) is 57.9 Å². The number of ether oxygens (including phenoxy) is 4. The molecule has 0 fully saturated rings. The molecule has 0 aliphatic carbocycles. The molecule has 0 unspecified atom stereocenters. The number of nitrogens with one attached hydrogen (secondary N) is 2. The maximum atomic E-state index is 13.3. The standard InChI is InChI=1S/C28H41N3O9SSi/c1-18(32)39-15-22(27(35)37-6)30-24(33)21(16-40-42(7,8)28(2,3)4)29-25(34)23-17-41-26(31-23)19-9-11-20(12-10-19)38-14-13-36-5/h9-12,17,21-22H,13-16H2,1-8H3,(H,29,34)(H,30,33)/t21-,22-/m0/s1. The molecule has 2 aromatic rings. The van der Waals surface area contributed by atoms with Crippen LogP contribution in [0, 0.1) is 0 Å². The van der Waals surface area contributed by atoms with Crippen LogP contribution in [-0.4, -0.2) is 89.8 Å². The summed E-state index contributed by atoms with van der Waals surface area (Å²) in [5.41, 5.74) is 0.907. The van der Waals surface area contributed by atoms with E-state index >= 15 is 0 Å². The molecule has 2 atom stereocenters. The number of thiazole rings is 1. The third-order valence-corrected chi connectivity index (χ3v) is 12.1. The molecule has 1 aromatic heterocycles. The Labute approximate surface area is 251 Å². The second-order valence-corrected chi connectivity index (χ2v) is 16.6. The van der Waals surface area contributed by atoms with E-state index in [1.54, 1.807) is 24.6 Å². The maximum Gasteiger partial charge on any atom is 0.331 e. The number of carbonyl (C=O) groups excluding carboxylic acids is 4. The van der Waals surface area contributed by atoms with Gasteiger partial charge in [0.2, 0.25) is 5.91 Å². The van der Waals surface area contributed by atoms with E-state index in [1.165, 1.54) is 18.3 Å². The first-order valence-electron chi connectivity index (χ1n) is 13.3. The number of methoxy groups -OCH3 is 2. The van der Waals surface area contributed by atoms with Gasteiger partial charge in [0.25, 0.3) is 5.91 Å². The lowest BCUT2D eigenvalue weighted by atomic mass is 10.2. The Balaban J connectivity index is 2.21. The SMILES string of the molecule is COCCOc1ccc(-c2nc(C(=O)N[C@@H](CO[Si](C)(C)C(C)(C)C)C(=O)N[C@@H](COC(C)=O)C(=O)OC)cs2)cc1. The van der Waals surface area contributed by atoms with Crippen molar-refractivity contribution in [2.24, 2.45) is 0 Å². The summed E-state index contributed by atoms with van der Waals surface area (Å²) in [6.45, 7) is 11.7. The molecule has 0 bridgehead atoms. The normalized spacial score (nSPS) is 13.0. The van der Waals surface area contributed by atoms with Gasteiger partial charge in [-0.25, -0.2) is 9.78 Å². The van der Waals surface area contributed by atoms with Gasteiger partial charge in [0.1, 0.15) is 35.7 Å². The van der Waals surface area contributed by atoms with Crippen LogP contribution in [0.2, 0.25) is 18.1 Å². The number of nitrogens with zero attached hydrogens (tertiary/aromatic N) is 1. The van der Waals surface area contributed by atoms with Gasteiger partial charge in [-0.1, -0.05) is 20.8 Å². The zero-order valence-corrected chi connectivity index (χ0v) is 27.2. The highest BCUT2D eigenvalue weighted by atomic mass is 32.1. The Morgan fingerprint density at radius 1 is 0.976 bits per heavy atom.